The topological polar surface area (TPSA) is 77.8 Å². The van der Waals surface area contributed by atoms with Crippen molar-refractivity contribution in [3.05, 3.63) is 24.8 Å². The number of halogens is 2. The number of carbonyl (C=O) groups is 2. The van der Waals surface area contributed by atoms with Crippen LogP contribution in [-0.4, -0.2) is 39.1 Å². The highest BCUT2D eigenvalue weighted by Crippen LogP contribution is 2.29. The number of carboxylic acids is 1. The summed E-state index contributed by atoms with van der Waals surface area (Å²) in [7, 11) is 0. The SMILES string of the molecule is CC(C)(C)N(CCC(=O)O)C(=O)c1cc(I)cc(I)c1O. The normalized spacial score (nSPS) is 11.3. The van der Waals surface area contributed by atoms with Crippen molar-refractivity contribution in [3.8, 4) is 5.75 Å². The van der Waals surface area contributed by atoms with Crippen LogP contribution in [0.25, 0.3) is 0 Å². The summed E-state index contributed by atoms with van der Waals surface area (Å²) in [6.07, 6.45) is -0.134. The van der Waals surface area contributed by atoms with Gasteiger partial charge in [-0.2, -0.15) is 0 Å². The van der Waals surface area contributed by atoms with Gasteiger partial charge in [0.05, 0.1) is 15.6 Å². The first-order valence-electron chi connectivity index (χ1n) is 6.26. The van der Waals surface area contributed by atoms with E-state index in [1.165, 1.54) is 4.90 Å². The van der Waals surface area contributed by atoms with E-state index in [9.17, 15) is 14.7 Å². The second kappa shape index (κ2) is 7.12. The van der Waals surface area contributed by atoms with E-state index in [1.54, 1.807) is 12.1 Å². The number of hydrogen-bond donors (Lipinski definition) is 2. The lowest BCUT2D eigenvalue weighted by Gasteiger charge is -2.35. The summed E-state index contributed by atoms with van der Waals surface area (Å²) < 4.78 is 1.43. The van der Waals surface area contributed by atoms with Gasteiger partial charge >= 0.3 is 5.97 Å². The standard InChI is InChI=1S/C14H17I2NO4/c1-14(2,3)17(5-4-11(18)19)13(21)9-6-8(15)7-10(16)12(9)20/h6-7,20H,4-5H2,1-3H3,(H,18,19). The molecule has 1 amide bonds. The molecule has 0 aliphatic carbocycles. The van der Waals surface area contributed by atoms with Crippen molar-refractivity contribution in [2.45, 2.75) is 32.7 Å². The second-order valence-electron chi connectivity index (χ2n) is 5.56. The van der Waals surface area contributed by atoms with Gasteiger partial charge in [0.1, 0.15) is 5.75 Å². The number of carbonyl (C=O) groups excluding carboxylic acids is 1. The number of phenolic OH excluding ortho intramolecular Hbond substituents is 1. The molecule has 0 aromatic heterocycles. The summed E-state index contributed by atoms with van der Waals surface area (Å²) in [5.74, 6) is -1.39. The first-order valence-corrected chi connectivity index (χ1v) is 8.41. The fraction of sp³-hybridized carbons (Fsp3) is 0.429. The van der Waals surface area contributed by atoms with Crippen molar-refractivity contribution >= 4 is 57.1 Å². The predicted octanol–water partition coefficient (Wildman–Crippen LogP) is 3.32. The van der Waals surface area contributed by atoms with Crippen LogP contribution in [0.1, 0.15) is 37.6 Å². The van der Waals surface area contributed by atoms with Gasteiger partial charge in [-0.05, 0) is 78.1 Å². The van der Waals surface area contributed by atoms with Crippen molar-refractivity contribution < 1.29 is 19.8 Å². The van der Waals surface area contributed by atoms with E-state index >= 15 is 0 Å². The molecule has 0 saturated heterocycles. The molecular formula is C14H17I2NO4. The van der Waals surface area contributed by atoms with E-state index in [1.807, 2.05) is 43.4 Å². The third kappa shape index (κ3) is 4.97. The van der Waals surface area contributed by atoms with Crippen molar-refractivity contribution in [2.24, 2.45) is 0 Å². The molecule has 0 unspecified atom stereocenters. The minimum Gasteiger partial charge on any atom is -0.506 e. The number of aliphatic carboxylic acids is 1. The number of aromatic hydroxyl groups is 1. The number of amides is 1. The Morgan fingerprint density at radius 1 is 1.24 bits per heavy atom. The molecule has 0 fully saturated rings. The van der Waals surface area contributed by atoms with Crippen LogP contribution in [0.5, 0.6) is 5.75 Å². The van der Waals surface area contributed by atoms with E-state index < -0.39 is 11.5 Å². The number of hydrogen-bond acceptors (Lipinski definition) is 3. The van der Waals surface area contributed by atoms with Crippen LogP contribution in [0.15, 0.2) is 12.1 Å². The highest BCUT2D eigenvalue weighted by atomic mass is 127. The predicted molar refractivity (Wildman–Crippen MR) is 96.6 cm³/mol. The maximum Gasteiger partial charge on any atom is 0.305 e. The summed E-state index contributed by atoms with van der Waals surface area (Å²) in [5.41, 5.74) is -0.335. The van der Waals surface area contributed by atoms with Crippen molar-refractivity contribution in [1.29, 1.82) is 0 Å². The zero-order chi connectivity index (χ0) is 16.4. The van der Waals surface area contributed by atoms with E-state index in [2.05, 4.69) is 22.6 Å². The molecule has 0 heterocycles. The minimum absolute atomic E-state index is 0.0643. The lowest BCUT2D eigenvalue weighted by Crippen LogP contribution is -2.46. The Kier molecular flexibility index (Phi) is 6.26. The van der Waals surface area contributed by atoms with Crippen LogP contribution in [-0.2, 0) is 4.79 Å². The zero-order valence-corrected chi connectivity index (χ0v) is 16.3. The average molecular weight is 517 g/mol. The molecule has 2 N–H and O–H groups in total. The molecule has 21 heavy (non-hydrogen) atoms. The lowest BCUT2D eigenvalue weighted by molar-refractivity contribution is -0.137. The van der Waals surface area contributed by atoms with Gasteiger partial charge in [-0.25, -0.2) is 0 Å². The first kappa shape index (κ1) is 18.5. The van der Waals surface area contributed by atoms with E-state index in [-0.39, 0.29) is 30.2 Å². The molecule has 0 bridgehead atoms. The van der Waals surface area contributed by atoms with Crippen molar-refractivity contribution in [3.63, 3.8) is 0 Å². The van der Waals surface area contributed by atoms with Gasteiger partial charge in [-0.3, -0.25) is 9.59 Å². The lowest BCUT2D eigenvalue weighted by atomic mass is 10.0. The second-order valence-corrected chi connectivity index (χ2v) is 7.96. The molecule has 7 heteroatoms. The van der Waals surface area contributed by atoms with Gasteiger partial charge in [0, 0.05) is 15.7 Å². The number of phenols is 1. The van der Waals surface area contributed by atoms with Crippen LogP contribution in [0.3, 0.4) is 0 Å². The van der Waals surface area contributed by atoms with Gasteiger partial charge in [-0.1, -0.05) is 0 Å². The summed E-state index contributed by atoms with van der Waals surface area (Å²) in [6, 6.07) is 3.38. The Morgan fingerprint density at radius 2 is 1.81 bits per heavy atom. The van der Waals surface area contributed by atoms with Crippen molar-refractivity contribution in [2.75, 3.05) is 6.54 Å². The first-order chi connectivity index (χ1) is 9.54. The number of rotatable bonds is 4. The van der Waals surface area contributed by atoms with E-state index in [0.717, 1.165) is 3.57 Å². The average Bonchev–Trinajstić information content (AvgIpc) is 2.31. The molecule has 116 valence electrons. The molecule has 0 aliphatic rings. The number of carboxylic acid groups (broad SMARTS) is 1. The molecule has 0 atom stereocenters. The Bertz CT molecular complexity index is 567. The van der Waals surface area contributed by atoms with Gasteiger partial charge in [0.25, 0.3) is 5.91 Å². The summed E-state index contributed by atoms with van der Waals surface area (Å²) in [6.45, 7) is 5.60. The van der Waals surface area contributed by atoms with Crippen LogP contribution >= 0.6 is 45.2 Å². The van der Waals surface area contributed by atoms with Crippen LogP contribution in [0, 0.1) is 7.14 Å². The van der Waals surface area contributed by atoms with Gasteiger partial charge in [0.15, 0.2) is 0 Å². The molecule has 0 saturated carbocycles. The zero-order valence-electron chi connectivity index (χ0n) is 12.0. The molecule has 1 aromatic carbocycles. The maximum absolute atomic E-state index is 12.7. The maximum atomic E-state index is 12.7. The van der Waals surface area contributed by atoms with Gasteiger partial charge in [-0.15, -0.1) is 0 Å². The third-order valence-electron chi connectivity index (χ3n) is 2.86. The van der Waals surface area contributed by atoms with E-state index in [0.29, 0.717) is 3.57 Å². The van der Waals surface area contributed by atoms with Crippen LogP contribution in [0.2, 0.25) is 0 Å². The minimum atomic E-state index is -0.960. The summed E-state index contributed by atoms with van der Waals surface area (Å²) >= 11 is 4.04. The summed E-state index contributed by atoms with van der Waals surface area (Å²) in [5, 5.41) is 18.9. The Hall–Kier alpha value is -0.580. The van der Waals surface area contributed by atoms with Crippen LogP contribution in [0.4, 0.5) is 0 Å². The molecule has 1 rings (SSSR count). The Labute approximate surface area is 151 Å². The highest BCUT2D eigenvalue weighted by Gasteiger charge is 2.29. The monoisotopic (exact) mass is 517 g/mol. The largest absolute Gasteiger partial charge is 0.506 e. The third-order valence-corrected chi connectivity index (χ3v) is 4.31. The van der Waals surface area contributed by atoms with E-state index in [4.69, 9.17) is 5.11 Å². The molecular weight excluding hydrogens is 500 g/mol. The summed E-state index contributed by atoms with van der Waals surface area (Å²) in [4.78, 5) is 24.9. The smallest absolute Gasteiger partial charge is 0.305 e. The Balaban J connectivity index is 3.20. The quantitative estimate of drug-likeness (QED) is 0.602. The number of nitrogens with zero attached hydrogens (tertiary/aromatic N) is 1. The molecule has 0 radical (unpaired) electrons. The Morgan fingerprint density at radius 3 is 2.29 bits per heavy atom. The molecule has 1 aromatic rings. The molecule has 0 aliphatic heterocycles. The number of benzene rings is 1. The molecule has 5 nitrogen and oxygen atoms in total. The fourth-order valence-electron chi connectivity index (χ4n) is 1.82. The van der Waals surface area contributed by atoms with Gasteiger partial charge < -0.3 is 15.1 Å². The van der Waals surface area contributed by atoms with Gasteiger partial charge in [0.2, 0.25) is 0 Å². The van der Waals surface area contributed by atoms with Crippen LogP contribution < -0.4 is 0 Å². The van der Waals surface area contributed by atoms with Crippen molar-refractivity contribution in [1.82, 2.24) is 4.90 Å². The molecule has 0 spiro atoms. The highest BCUT2D eigenvalue weighted by molar-refractivity contribution is 14.1. The fourth-order valence-corrected chi connectivity index (χ4v) is 3.67.